The lowest BCUT2D eigenvalue weighted by Crippen LogP contribution is -2.43. The molecule has 9 nitrogen and oxygen atoms in total. The van der Waals surface area contributed by atoms with Gasteiger partial charge >= 0.3 is 5.97 Å². The second-order valence-electron chi connectivity index (χ2n) is 3.56. The first kappa shape index (κ1) is 11.3. The van der Waals surface area contributed by atoms with Crippen molar-refractivity contribution < 1.29 is 24.1 Å². The van der Waals surface area contributed by atoms with Gasteiger partial charge in [-0.15, -0.1) is 0 Å². The summed E-state index contributed by atoms with van der Waals surface area (Å²) < 4.78 is 9.27. The average Bonchev–Trinajstić information content (AvgIpc) is 2.86. The van der Waals surface area contributed by atoms with E-state index in [-0.39, 0.29) is 24.7 Å². The van der Waals surface area contributed by atoms with Crippen LogP contribution in [0, 0.1) is 5.92 Å². The van der Waals surface area contributed by atoms with Gasteiger partial charge in [0, 0.05) is 0 Å². The van der Waals surface area contributed by atoms with Crippen LogP contribution in [0.15, 0.2) is 4.63 Å². The predicted octanol–water partition coefficient (Wildman–Crippen LogP) is -1.52. The Morgan fingerprint density at radius 3 is 2.76 bits per heavy atom. The van der Waals surface area contributed by atoms with Crippen LogP contribution >= 0.6 is 0 Å². The van der Waals surface area contributed by atoms with Gasteiger partial charge in [-0.2, -0.15) is 0 Å². The van der Waals surface area contributed by atoms with Crippen molar-refractivity contribution in [3.05, 3.63) is 5.69 Å². The molecule has 2 rings (SSSR count). The maximum absolute atomic E-state index is 11.6. The highest BCUT2D eigenvalue weighted by Crippen LogP contribution is 2.15. The predicted molar refractivity (Wildman–Crippen MR) is 51.9 cm³/mol. The van der Waals surface area contributed by atoms with Crippen molar-refractivity contribution >= 4 is 17.7 Å². The Morgan fingerprint density at radius 2 is 2.18 bits per heavy atom. The average molecular weight is 242 g/mol. The summed E-state index contributed by atoms with van der Waals surface area (Å²) in [7, 11) is 0. The van der Waals surface area contributed by atoms with E-state index < -0.39 is 23.8 Å². The number of rotatable bonds is 3. The van der Waals surface area contributed by atoms with Crippen LogP contribution in [0.4, 0.5) is 5.82 Å². The van der Waals surface area contributed by atoms with Gasteiger partial charge in [0.1, 0.15) is 5.92 Å². The number of amides is 1. The summed E-state index contributed by atoms with van der Waals surface area (Å²) >= 11 is 0. The van der Waals surface area contributed by atoms with Crippen LogP contribution in [-0.4, -0.2) is 46.6 Å². The Bertz CT molecular complexity index is 445. The number of carbonyl (C=O) groups excluding carboxylic acids is 1. The number of anilines is 1. The van der Waals surface area contributed by atoms with E-state index in [1.165, 1.54) is 0 Å². The lowest BCUT2D eigenvalue weighted by molar-refractivity contribution is -0.142. The standard InChI is InChI=1S/C8H10N4O5/c9-6-5(11-17-12-6)7(13)10-4-2-16-1-3(4)8(14)15/h3-4H,1-2H2,(H2,9,12)(H,10,13)(H,14,15). The van der Waals surface area contributed by atoms with Gasteiger partial charge < -0.3 is 20.9 Å². The van der Waals surface area contributed by atoms with Crippen LogP contribution in [0.3, 0.4) is 0 Å². The number of ether oxygens (including phenoxy) is 1. The van der Waals surface area contributed by atoms with Gasteiger partial charge in [0.2, 0.25) is 11.5 Å². The molecule has 1 aromatic heterocycles. The zero-order chi connectivity index (χ0) is 12.4. The van der Waals surface area contributed by atoms with E-state index in [1.54, 1.807) is 0 Å². The molecule has 0 aliphatic carbocycles. The quantitative estimate of drug-likeness (QED) is 0.580. The fourth-order valence-electron chi connectivity index (χ4n) is 1.53. The van der Waals surface area contributed by atoms with E-state index >= 15 is 0 Å². The molecule has 1 amide bonds. The van der Waals surface area contributed by atoms with Gasteiger partial charge in [0.25, 0.3) is 5.91 Å². The SMILES string of the molecule is Nc1nonc1C(=O)NC1COCC1C(=O)O. The Hall–Kier alpha value is -2.16. The minimum atomic E-state index is -1.03. The molecule has 9 heteroatoms. The van der Waals surface area contributed by atoms with Gasteiger partial charge in [-0.25, -0.2) is 4.63 Å². The summed E-state index contributed by atoms with van der Waals surface area (Å²) in [6, 6.07) is -0.615. The van der Waals surface area contributed by atoms with Crippen LogP contribution in [-0.2, 0) is 9.53 Å². The van der Waals surface area contributed by atoms with Gasteiger partial charge in [-0.3, -0.25) is 9.59 Å². The molecule has 0 bridgehead atoms. The fourth-order valence-corrected chi connectivity index (χ4v) is 1.53. The molecule has 92 valence electrons. The highest BCUT2D eigenvalue weighted by Gasteiger charge is 2.36. The lowest BCUT2D eigenvalue weighted by Gasteiger charge is -2.14. The van der Waals surface area contributed by atoms with E-state index in [4.69, 9.17) is 15.6 Å². The summed E-state index contributed by atoms with van der Waals surface area (Å²) in [6.45, 7) is 0.195. The summed E-state index contributed by atoms with van der Waals surface area (Å²) in [5.41, 5.74) is 5.17. The summed E-state index contributed by atoms with van der Waals surface area (Å²) in [5, 5.41) is 17.9. The van der Waals surface area contributed by atoms with Gasteiger partial charge in [-0.05, 0) is 10.3 Å². The van der Waals surface area contributed by atoms with Gasteiger partial charge in [-0.1, -0.05) is 0 Å². The van der Waals surface area contributed by atoms with Crippen molar-refractivity contribution in [1.82, 2.24) is 15.6 Å². The molecule has 2 heterocycles. The molecule has 1 aliphatic heterocycles. The van der Waals surface area contributed by atoms with Crippen LogP contribution in [0.1, 0.15) is 10.5 Å². The van der Waals surface area contributed by atoms with Crippen molar-refractivity contribution in [3.63, 3.8) is 0 Å². The van der Waals surface area contributed by atoms with Crippen LogP contribution in [0.25, 0.3) is 0 Å². The van der Waals surface area contributed by atoms with Crippen molar-refractivity contribution in [3.8, 4) is 0 Å². The van der Waals surface area contributed by atoms with Crippen molar-refractivity contribution in [2.75, 3.05) is 18.9 Å². The molecular weight excluding hydrogens is 232 g/mol. The van der Waals surface area contributed by atoms with E-state index in [1.807, 2.05) is 0 Å². The maximum Gasteiger partial charge on any atom is 0.311 e. The third-order valence-corrected chi connectivity index (χ3v) is 2.44. The zero-order valence-corrected chi connectivity index (χ0v) is 8.62. The lowest BCUT2D eigenvalue weighted by atomic mass is 10.0. The zero-order valence-electron chi connectivity index (χ0n) is 8.62. The molecular formula is C8H10N4O5. The molecule has 2 atom stereocenters. The Morgan fingerprint density at radius 1 is 1.41 bits per heavy atom. The second-order valence-corrected chi connectivity index (χ2v) is 3.56. The number of carboxylic acid groups (broad SMARTS) is 1. The molecule has 1 fully saturated rings. The number of aliphatic carboxylic acids is 1. The van der Waals surface area contributed by atoms with Crippen molar-refractivity contribution in [1.29, 1.82) is 0 Å². The number of hydrogen-bond donors (Lipinski definition) is 3. The van der Waals surface area contributed by atoms with E-state index in [9.17, 15) is 9.59 Å². The van der Waals surface area contributed by atoms with Crippen LogP contribution in [0.5, 0.6) is 0 Å². The highest BCUT2D eigenvalue weighted by atomic mass is 16.6. The number of aromatic nitrogens is 2. The molecule has 0 spiro atoms. The number of hydrogen-bond acceptors (Lipinski definition) is 7. The molecule has 1 aromatic rings. The second kappa shape index (κ2) is 4.37. The molecule has 17 heavy (non-hydrogen) atoms. The highest BCUT2D eigenvalue weighted by molar-refractivity contribution is 5.96. The molecule has 1 aliphatic rings. The largest absolute Gasteiger partial charge is 0.481 e. The first-order valence-corrected chi connectivity index (χ1v) is 4.79. The minimum absolute atomic E-state index is 0.0623. The normalized spacial score (nSPS) is 23.5. The van der Waals surface area contributed by atoms with Gasteiger partial charge in [0.05, 0.1) is 19.3 Å². The molecule has 1 saturated heterocycles. The van der Waals surface area contributed by atoms with Crippen molar-refractivity contribution in [2.24, 2.45) is 5.92 Å². The first-order chi connectivity index (χ1) is 8.09. The number of carbonyl (C=O) groups is 2. The van der Waals surface area contributed by atoms with E-state index in [2.05, 4.69) is 20.3 Å². The van der Waals surface area contributed by atoms with Gasteiger partial charge in [0.15, 0.2) is 0 Å². The molecule has 0 aromatic carbocycles. The third kappa shape index (κ3) is 2.18. The third-order valence-electron chi connectivity index (χ3n) is 2.44. The minimum Gasteiger partial charge on any atom is -0.481 e. The van der Waals surface area contributed by atoms with Crippen LogP contribution < -0.4 is 11.1 Å². The first-order valence-electron chi connectivity index (χ1n) is 4.79. The molecule has 0 radical (unpaired) electrons. The fraction of sp³-hybridized carbons (Fsp3) is 0.500. The summed E-state index contributed by atoms with van der Waals surface area (Å²) in [6.07, 6.45) is 0. The monoisotopic (exact) mass is 242 g/mol. The topological polar surface area (TPSA) is 141 Å². The smallest absolute Gasteiger partial charge is 0.311 e. The number of nitrogens with two attached hydrogens (primary N) is 1. The Labute approximate surface area is 94.9 Å². The molecule has 2 unspecified atom stereocenters. The molecule has 4 N–H and O–H groups in total. The number of nitrogens with zero attached hydrogens (tertiary/aromatic N) is 2. The number of nitrogens with one attached hydrogen (secondary N) is 1. The number of carboxylic acids is 1. The summed E-state index contributed by atoms with van der Waals surface area (Å²) in [5.74, 6) is -2.59. The van der Waals surface area contributed by atoms with Crippen LogP contribution in [0.2, 0.25) is 0 Å². The molecule has 0 saturated carbocycles. The van der Waals surface area contributed by atoms with E-state index in [0.29, 0.717) is 0 Å². The van der Waals surface area contributed by atoms with E-state index in [0.717, 1.165) is 0 Å². The Kier molecular flexibility index (Phi) is 2.91. The van der Waals surface area contributed by atoms with Crippen molar-refractivity contribution in [2.45, 2.75) is 6.04 Å². The Balaban J connectivity index is 2.04. The summed E-state index contributed by atoms with van der Waals surface area (Å²) in [4.78, 5) is 22.5. The maximum atomic E-state index is 11.6. The number of nitrogen functional groups attached to an aromatic ring is 1.